The standard InChI is InChI=1S/C20H32B2O6/c1-17(2)18(3,4)26-21(25-17)16(14-12-10-11-13-15(14)23-9)24-22-27-19(5,6)20(7,8)28-22/h10-13,16H,1-9H3. The summed E-state index contributed by atoms with van der Waals surface area (Å²) in [6, 6.07) is 7.09. The maximum absolute atomic E-state index is 6.31. The maximum Gasteiger partial charge on any atom is 0.640 e. The third-order valence-electron chi connectivity index (χ3n) is 6.45. The lowest BCUT2D eigenvalue weighted by molar-refractivity contribution is 0.00578. The number of hydrogen-bond acceptors (Lipinski definition) is 6. The molecule has 28 heavy (non-hydrogen) atoms. The Morgan fingerprint density at radius 3 is 1.71 bits per heavy atom. The Morgan fingerprint density at radius 1 is 0.750 bits per heavy atom. The van der Waals surface area contributed by atoms with Crippen LogP contribution in [0, 0.1) is 0 Å². The third-order valence-corrected chi connectivity index (χ3v) is 6.45. The summed E-state index contributed by atoms with van der Waals surface area (Å²) in [5.41, 5.74) is -1.16. The first kappa shape index (κ1) is 21.7. The summed E-state index contributed by atoms with van der Waals surface area (Å²) in [5, 5.41) is 0. The summed E-state index contributed by atoms with van der Waals surface area (Å²) in [7, 11) is 0.147. The zero-order chi connectivity index (χ0) is 21.0. The molecule has 0 aromatic heterocycles. The van der Waals surface area contributed by atoms with Crippen molar-refractivity contribution in [2.75, 3.05) is 7.11 Å². The molecule has 2 heterocycles. The number of para-hydroxylation sites is 1. The minimum absolute atomic E-state index is 0.489. The van der Waals surface area contributed by atoms with Crippen LogP contribution >= 0.6 is 0 Å². The largest absolute Gasteiger partial charge is 0.640 e. The molecule has 0 N–H and O–H groups in total. The van der Waals surface area contributed by atoms with Crippen molar-refractivity contribution in [3.63, 3.8) is 0 Å². The monoisotopic (exact) mass is 390 g/mol. The van der Waals surface area contributed by atoms with Crippen LogP contribution in [0.5, 0.6) is 5.75 Å². The highest BCUT2D eigenvalue weighted by Crippen LogP contribution is 2.44. The Kier molecular flexibility index (Phi) is 5.43. The van der Waals surface area contributed by atoms with Crippen LogP contribution in [0.1, 0.15) is 67.0 Å². The predicted octanol–water partition coefficient (Wildman–Crippen LogP) is 3.97. The van der Waals surface area contributed by atoms with Gasteiger partial charge in [-0.3, -0.25) is 0 Å². The summed E-state index contributed by atoms with van der Waals surface area (Å²) >= 11 is 0. The molecule has 2 fully saturated rings. The van der Waals surface area contributed by atoms with Crippen LogP contribution in [0.3, 0.4) is 0 Å². The summed E-state index contributed by atoms with van der Waals surface area (Å²) in [5.74, 6) is 0.693. The highest BCUT2D eigenvalue weighted by Gasteiger charge is 2.59. The van der Waals surface area contributed by atoms with Crippen molar-refractivity contribution >= 4 is 14.4 Å². The zero-order valence-corrected chi connectivity index (χ0v) is 18.5. The van der Waals surface area contributed by atoms with E-state index in [-0.39, 0.29) is 0 Å². The van der Waals surface area contributed by atoms with Gasteiger partial charge in [0.15, 0.2) is 0 Å². The fourth-order valence-corrected chi connectivity index (χ4v) is 3.16. The van der Waals surface area contributed by atoms with Gasteiger partial charge in [0.2, 0.25) is 0 Å². The molecule has 8 heteroatoms. The van der Waals surface area contributed by atoms with E-state index in [0.717, 1.165) is 5.56 Å². The molecule has 1 aromatic rings. The summed E-state index contributed by atoms with van der Waals surface area (Å²) in [6.07, 6.45) is 0. The van der Waals surface area contributed by atoms with E-state index in [0.29, 0.717) is 5.75 Å². The molecular formula is C20H32B2O6. The molecule has 3 rings (SSSR count). The fraction of sp³-hybridized carbons (Fsp3) is 0.700. The average Bonchev–Trinajstić information content (AvgIpc) is 2.91. The molecule has 0 bridgehead atoms. The fourth-order valence-electron chi connectivity index (χ4n) is 3.16. The Hall–Kier alpha value is -1.05. The first-order valence-corrected chi connectivity index (χ1v) is 9.79. The van der Waals surface area contributed by atoms with Gasteiger partial charge in [0.1, 0.15) is 11.8 Å². The van der Waals surface area contributed by atoms with Crippen molar-refractivity contribution in [2.24, 2.45) is 0 Å². The van der Waals surface area contributed by atoms with Crippen LogP contribution in [-0.4, -0.2) is 44.0 Å². The summed E-state index contributed by atoms with van der Waals surface area (Å²) in [6.45, 7) is 16.0. The Bertz CT molecular complexity index is 686. The lowest BCUT2D eigenvalue weighted by Crippen LogP contribution is -2.41. The van der Waals surface area contributed by atoms with Crippen molar-refractivity contribution in [3.8, 4) is 5.75 Å². The van der Waals surface area contributed by atoms with Gasteiger partial charge in [-0.2, -0.15) is 0 Å². The highest BCUT2D eigenvalue weighted by atomic mass is 16.8. The lowest BCUT2D eigenvalue weighted by atomic mass is 9.75. The van der Waals surface area contributed by atoms with Gasteiger partial charge >= 0.3 is 14.4 Å². The molecule has 0 amide bonds. The van der Waals surface area contributed by atoms with Crippen molar-refractivity contribution in [3.05, 3.63) is 29.8 Å². The van der Waals surface area contributed by atoms with Gasteiger partial charge in [-0.1, -0.05) is 18.2 Å². The van der Waals surface area contributed by atoms with Gasteiger partial charge in [0.05, 0.1) is 29.5 Å². The van der Waals surface area contributed by atoms with E-state index in [9.17, 15) is 0 Å². The van der Waals surface area contributed by atoms with E-state index in [1.165, 1.54) is 0 Å². The van der Waals surface area contributed by atoms with Crippen molar-refractivity contribution in [1.29, 1.82) is 0 Å². The van der Waals surface area contributed by atoms with E-state index in [1.807, 2.05) is 79.7 Å². The third kappa shape index (κ3) is 3.73. The van der Waals surface area contributed by atoms with Crippen LogP contribution in [0.2, 0.25) is 0 Å². The van der Waals surface area contributed by atoms with E-state index in [2.05, 4.69) is 0 Å². The number of benzene rings is 1. The normalized spacial score (nSPS) is 25.8. The van der Waals surface area contributed by atoms with E-state index in [1.54, 1.807) is 7.11 Å². The zero-order valence-electron chi connectivity index (χ0n) is 18.5. The van der Waals surface area contributed by atoms with Crippen LogP contribution in [0.15, 0.2) is 24.3 Å². The lowest BCUT2D eigenvalue weighted by Gasteiger charge is -2.32. The van der Waals surface area contributed by atoms with Crippen molar-refractivity contribution in [2.45, 2.75) is 83.8 Å². The second kappa shape index (κ2) is 7.03. The van der Waals surface area contributed by atoms with Crippen LogP contribution in [-0.2, 0) is 23.3 Å². The number of hydrogen-bond donors (Lipinski definition) is 0. The smallest absolute Gasteiger partial charge is 0.496 e. The highest BCUT2D eigenvalue weighted by molar-refractivity contribution is 6.49. The molecule has 2 aliphatic rings. The maximum atomic E-state index is 6.31. The molecule has 0 saturated carbocycles. The SMILES string of the molecule is COc1ccccc1C(OB1OC(C)(C)C(C)(C)O1)B1OC(C)(C)C(C)(C)O1. The van der Waals surface area contributed by atoms with Gasteiger partial charge in [-0.25, -0.2) is 0 Å². The molecule has 154 valence electrons. The molecule has 1 unspecified atom stereocenters. The van der Waals surface area contributed by atoms with E-state index >= 15 is 0 Å². The molecule has 1 aromatic carbocycles. The van der Waals surface area contributed by atoms with Crippen LogP contribution in [0.4, 0.5) is 0 Å². The molecule has 6 nitrogen and oxygen atoms in total. The molecule has 2 saturated heterocycles. The van der Waals surface area contributed by atoms with Gasteiger partial charge in [0.25, 0.3) is 0 Å². The van der Waals surface area contributed by atoms with E-state index in [4.69, 9.17) is 28.0 Å². The van der Waals surface area contributed by atoms with E-state index < -0.39 is 42.8 Å². The Labute approximate surface area is 169 Å². The second-order valence-electron chi connectivity index (χ2n) is 9.47. The van der Waals surface area contributed by atoms with Crippen molar-refractivity contribution in [1.82, 2.24) is 0 Å². The summed E-state index contributed by atoms with van der Waals surface area (Å²) < 4.78 is 36.5. The molecule has 0 spiro atoms. The quantitative estimate of drug-likeness (QED) is 0.710. The minimum Gasteiger partial charge on any atom is -0.496 e. The molecule has 2 aliphatic heterocycles. The topological polar surface area (TPSA) is 55.4 Å². The average molecular weight is 390 g/mol. The second-order valence-corrected chi connectivity index (χ2v) is 9.47. The van der Waals surface area contributed by atoms with Crippen LogP contribution < -0.4 is 4.74 Å². The Balaban J connectivity index is 1.93. The minimum atomic E-state index is -0.848. The van der Waals surface area contributed by atoms with Gasteiger partial charge in [-0.05, 0) is 61.5 Å². The van der Waals surface area contributed by atoms with Crippen molar-refractivity contribution < 1.29 is 28.0 Å². The molecule has 1 atom stereocenters. The van der Waals surface area contributed by atoms with Gasteiger partial charge in [-0.15, -0.1) is 0 Å². The first-order valence-electron chi connectivity index (χ1n) is 9.79. The summed E-state index contributed by atoms with van der Waals surface area (Å²) in [4.78, 5) is 0. The predicted molar refractivity (Wildman–Crippen MR) is 109 cm³/mol. The Morgan fingerprint density at radius 2 is 1.21 bits per heavy atom. The number of rotatable bonds is 5. The molecule has 0 aliphatic carbocycles. The molecular weight excluding hydrogens is 358 g/mol. The number of ether oxygens (including phenoxy) is 1. The number of methoxy groups -OCH3 is 1. The van der Waals surface area contributed by atoms with Gasteiger partial charge in [0, 0.05) is 5.56 Å². The van der Waals surface area contributed by atoms with Gasteiger partial charge < -0.3 is 28.0 Å². The molecule has 0 radical (unpaired) electrons. The first-order chi connectivity index (χ1) is 12.8. The van der Waals surface area contributed by atoms with Crippen LogP contribution in [0.25, 0.3) is 0 Å².